The molecule has 0 aliphatic carbocycles. The van der Waals surface area contributed by atoms with Crippen LogP contribution in [0.1, 0.15) is 54.0 Å². The van der Waals surface area contributed by atoms with Gasteiger partial charge in [0.2, 0.25) is 5.95 Å². The second-order valence-electron chi connectivity index (χ2n) is 10.4. The number of rotatable bonds is 8. The monoisotopic (exact) mass is 556 g/mol. The Bertz CT molecular complexity index is 1710. The van der Waals surface area contributed by atoms with Crippen LogP contribution in [-0.4, -0.2) is 53.4 Å². The van der Waals surface area contributed by atoms with E-state index < -0.39 is 29.3 Å². The first-order chi connectivity index (χ1) is 19.6. The average Bonchev–Trinajstić information content (AvgIpc) is 3.54. The second kappa shape index (κ2) is 11.2. The van der Waals surface area contributed by atoms with E-state index in [1.54, 1.807) is 56.9 Å². The van der Waals surface area contributed by atoms with Gasteiger partial charge >= 0.3 is 6.09 Å². The molecule has 0 aliphatic rings. The molecule has 210 valence electrons. The molecule has 0 saturated carbocycles. The standard InChI is InChI=1S/C29H29FN8O3/c1-29(2,3)41-28(40)32-17-21(18-8-6-5-7-9-18)27-36-35-25-16-20(14-22(30)38(25)27)26(39)19-10-12-31-23(15-19)34-24-11-13-33-37(24)4/h5-16,21H,17H2,1-4H3,(H,31,34)(H,32,40). The van der Waals surface area contributed by atoms with Crippen LogP contribution in [-0.2, 0) is 11.8 Å². The molecule has 41 heavy (non-hydrogen) atoms. The number of alkyl carbamates (subject to hydrolysis) is 1. The zero-order valence-electron chi connectivity index (χ0n) is 23.0. The fraction of sp³-hybridized carbons (Fsp3) is 0.241. The molecule has 5 rings (SSSR count). The third-order valence-corrected chi connectivity index (χ3v) is 6.21. The number of aryl methyl sites for hydroxylation is 1. The normalized spacial score (nSPS) is 12.2. The summed E-state index contributed by atoms with van der Waals surface area (Å²) in [7, 11) is 1.78. The molecule has 1 atom stereocenters. The van der Waals surface area contributed by atoms with Crippen LogP contribution in [0.25, 0.3) is 5.65 Å². The molecule has 1 amide bonds. The van der Waals surface area contributed by atoms with Gasteiger partial charge in [-0.05, 0) is 44.5 Å². The van der Waals surface area contributed by atoms with Crippen LogP contribution in [0, 0.1) is 5.95 Å². The van der Waals surface area contributed by atoms with Crippen LogP contribution >= 0.6 is 0 Å². The molecule has 0 fully saturated rings. The van der Waals surface area contributed by atoms with Gasteiger partial charge in [0.05, 0.1) is 12.1 Å². The van der Waals surface area contributed by atoms with Crippen LogP contribution < -0.4 is 10.6 Å². The zero-order valence-corrected chi connectivity index (χ0v) is 23.0. The third kappa shape index (κ3) is 6.21. The number of amides is 1. The molecule has 12 heteroatoms. The second-order valence-corrected chi connectivity index (χ2v) is 10.4. The zero-order chi connectivity index (χ0) is 29.1. The highest BCUT2D eigenvalue weighted by molar-refractivity contribution is 6.09. The number of hydrogen-bond acceptors (Lipinski definition) is 8. The Labute approximate surface area is 235 Å². The summed E-state index contributed by atoms with van der Waals surface area (Å²) in [5, 5.41) is 18.4. The van der Waals surface area contributed by atoms with E-state index in [9.17, 15) is 9.59 Å². The first kappa shape index (κ1) is 27.4. The van der Waals surface area contributed by atoms with E-state index in [1.165, 1.54) is 16.7 Å². The Morgan fingerprint density at radius 2 is 1.78 bits per heavy atom. The van der Waals surface area contributed by atoms with E-state index in [1.807, 2.05) is 30.3 Å². The quantitative estimate of drug-likeness (QED) is 0.209. The van der Waals surface area contributed by atoms with E-state index in [4.69, 9.17) is 4.74 Å². The number of anilines is 2. The summed E-state index contributed by atoms with van der Waals surface area (Å²) in [5.41, 5.74) is 0.700. The molecule has 2 N–H and O–H groups in total. The van der Waals surface area contributed by atoms with Crippen molar-refractivity contribution in [2.75, 3.05) is 11.9 Å². The fourth-order valence-corrected chi connectivity index (χ4v) is 4.33. The van der Waals surface area contributed by atoms with Crippen molar-refractivity contribution in [3.63, 3.8) is 0 Å². The SMILES string of the molecule is Cn1nccc1Nc1cc(C(=O)c2cc(F)n3c(C(CNC(=O)OC(C)(C)C)c4ccccc4)nnc3c2)ccn1. The van der Waals surface area contributed by atoms with Crippen LogP contribution in [0.2, 0.25) is 0 Å². The molecule has 0 radical (unpaired) electrons. The Morgan fingerprint density at radius 3 is 2.49 bits per heavy atom. The highest BCUT2D eigenvalue weighted by atomic mass is 19.1. The fourth-order valence-electron chi connectivity index (χ4n) is 4.33. The number of hydrogen-bond donors (Lipinski definition) is 2. The van der Waals surface area contributed by atoms with Crippen LogP contribution in [0.15, 0.2) is 73.1 Å². The Kier molecular flexibility index (Phi) is 7.47. The van der Waals surface area contributed by atoms with Gasteiger partial charge in [0.1, 0.15) is 23.1 Å². The molecule has 0 aliphatic heterocycles. The number of fused-ring (bicyclic) bond motifs is 1. The van der Waals surface area contributed by atoms with E-state index in [-0.39, 0.29) is 23.6 Å². The molecule has 0 bridgehead atoms. The van der Waals surface area contributed by atoms with Crippen molar-refractivity contribution < 1.29 is 18.7 Å². The Morgan fingerprint density at radius 1 is 1.00 bits per heavy atom. The number of ether oxygens (including phenoxy) is 1. The summed E-state index contributed by atoms with van der Waals surface area (Å²) in [6.07, 6.45) is 2.53. The van der Waals surface area contributed by atoms with Gasteiger partial charge < -0.3 is 15.4 Å². The third-order valence-electron chi connectivity index (χ3n) is 6.21. The molecular weight excluding hydrogens is 527 g/mol. The molecule has 0 saturated heterocycles. The van der Waals surface area contributed by atoms with Crippen LogP contribution in [0.4, 0.5) is 20.8 Å². The average molecular weight is 557 g/mol. The summed E-state index contributed by atoms with van der Waals surface area (Å²) in [6.45, 7) is 5.39. The summed E-state index contributed by atoms with van der Waals surface area (Å²) >= 11 is 0. The smallest absolute Gasteiger partial charge is 0.407 e. The van der Waals surface area contributed by atoms with Gasteiger partial charge in [-0.3, -0.25) is 13.9 Å². The minimum absolute atomic E-state index is 0.0866. The van der Waals surface area contributed by atoms with E-state index in [0.29, 0.717) is 17.2 Å². The number of aromatic nitrogens is 6. The largest absolute Gasteiger partial charge is 0.444 e. The van der Waals surface area contributed by atoms with Gasteiger partial charge in [-0.1, -0.05) is 30.3 Å². The van der Waals surface area contributed by atoms with E-state index >= 15 is 4.39 Å². The van der Waals surface area contributed by atoms with Crippen molar-refractivity contribution in [1.82, 2.24) is 34.7 Å². The first-order valence-corrected chi connectivity index (χ1v) is 12.9. The minimum Gasteiger partial charge on any atom is -0.444 e. The number of nitrogens with zero attached hydrogens (tertiary/aromatic N) is 6. The minimum atomic E-state index is -0.716. The lowest BCUT2D eigenvalue weighted by Gasteiger charge is -2.22. The number of nitrogens with one attached hydrogen (secondary N) is 2. The maximum Gasteiger partial charge on any atom is 0.407 e. The highest BCUT2D eigenvalue weighted by Crippen LogP contribution is 2.26. The van der Waals surface area contributed by atoms with Crippen molar-refractivity contribution >= 4 is 29.2 Å². The van der Waals surface area contributed by atoms with Crippen molar-refractivity contribution in [3.05, 3.63) is 102 Å². The number of carbonyl (C=O) groups excluding carboxylic acids is 2. The van der Waals surface area contributed by atoms with Gasteiger partial charge in [-0.25, -0.2) is 9.78 Å². The number of pyridine rings is 2. The molecular formula is C29H29FN8O3. The summed E-state index contributed by atoms with van der Waals surface area (Å²) < 4.78 is 23.9. The van der Waals surface area contributed by atoms with Crippen LogP contribution in [0.3, 0.4) is 0 Å². The maximum absolute atomic E-state index is 15.7. The van der Waals surface area contributed by atoms with E-state index in [0.717, 1.165) is 11.6 Å². The molecule has 0 spiro atoms. The van der Waals surface area contributed by atoms with Gasteiger partial charge in [-0.15, -0.1) is 10.2 Å². The lowest BCUT2D eigenvalue weighted by atomic mass is 9.98. The lowest BCUT2D eigenvalue weighted by Crippen LogP contribution is -2.35. The number of carbonyl (C=O) groups is 2. The summed E-state index contributed by atoms with van der Waals surface area (Å²) in [5.74, 6) is -0.265. The predicted octanol–water partition coefficient (Wildman–Crippen LogP) is 4.63. The molecule has 4 heterocycles. The van der Waals surface area contributed by atoms with Gasteiger partial charge in [0.15, 0.2) is 11.4 Å². The maximum atomic E-state index is 15.7. The summed E-state index contributed by atoms with van der Waals surface area (Å²) in [4.78, 5) is 30.0. The molecule has 1 aromatic carbocycles. The summed E-state index contributed by atoms with van der Waals surface area (Å²) in [6, 6.07) is 16.8. The molecule has 5 aromatic rings. The number of halogens is 1. The molecule has 11 nitrogen and oxygen atoms in total. The number of benzene rings is 1. The Hall–Kier alpha value is -5.13. The van der Waals surface area contributed by atoms with Crippen molar-refractivity contribution in [2.24, 2.45) is 7.05 Å². The topological polar surface area (TPSA) is 128 Å². The number of ketones is 1. The van der Waals surface area contributed by atoms with Gasteiger partial charge in [0.25, 0.3) is 0 Å². The van der Waals surface area contributed by atoms with Gasteiger partial charge in [-0.2, -0.15) is 9.49 Å². The van der Waals surface area contributed by atoms with Crippen LogP contribution in [0.5, 0.6) is 0 Å². The molecule has 1 unspecified atom stereocenters. The predicted molar refractivity (Wildman–Crippen MR) is 150 cm³/mol. The van der Waals surface area contributed by atoms with Crippen molar-refractivity contribution in [2.45, 2.75) is 32.3 Å². The van der Waals surface area contributed by atoms with Crippen molar-refractivity contribution in [3.8, 4) is 0 Å². The Balaban J connectivity index is 1.44. The first-order valence-electron chi connectivity index (χ1n) is 12.9. The molecule has 4 aromatic heterocycles. The lowest BCUT2D eigenvalue weighted by molar-refractivity contribution is 0.0525. The van der Waals surface area contributed by atoms with Gasteiger partial charge in [0, 0.05) is 43.0 Å². The van der Waals surface area contributed by atoms with E-state index in [2.05, 4.69) is 30.9 Å². The highest BCUT2D eigenvalue weighted by Gasteiger charge is 2.25. The van der Waals surface area contributed by atoms with Crippen molar-refractivity contribution in [1.29, 1.82) is 0 Å².